The van der Waals surface area contributed by atoms with Crippen LogP contribution in [-0.2, 0) is 4.79 Å². The third-order valence-corrected chi connectivity index (χ3v) is 5.03. The van der Waals surface area contributed by atoms with Crippen LogP contribution in [0.2, 0.25) is 0 Å². The average Bonchev–Trinajstić information content (AvgIpc) is 2.57. The molecule has 1 heterocycles. The van der Waals surface area contributed by atoms with E-state index in [1.807, 2.05) is 25.6 Å². The Balaban J connectivity index is 1.89. The summed E-state index contributed by atoms with van der Waals surface area (Å²) in [6.07, 6.45) is 0.479. The average molecular weight is 335 g/mol. The molecule has 1 saturated heterocycles. The minimum Gasteiger partial charge on any atom is -0.339 e. The molecule has 1 fully saturated rings. The van der Waals surface area contributed by atoms with Crippen LogP contribution in [0.5, 0.6) is 0 Å². The summed E-state index contributed by atoms with van der Waals surface area (Å²) in [6, 6.07) is 7.36. The Morgan fingerprint density at radius 2 is 1.96 bits per heavy atom. The van der Waals surface area contributed by atoms with E-state index in [4.69, 9.17) is 0 Å². The molecule has 1 aliphatic rings. The van der Waals surface area contributed by atoms with Gasteiger partial charge >= 0.3 is 0 Å². The van der Waals surface area contributed by atoms with Crippen molar-refractivity contribution in [2.24, 2.45) is 0 Å². The van der Waals surface area contributed by atoms with Crippen molar-refractivity contribution in [1.29, 1.82) is 0 Å². The number of amides is 2. The molecule has 1 atom stereocenters. The number of rotatable bonds is 6. The molecule has 1 aromatic carbocycles. The van der Waals surface area contributed by atoms with Crippen molar-refractivity contribution in [1.82, 2.24) is 10.2 Å². The van der Waals surface area contributed by atoms with Crippen LogP contribution in [0.25, 0.3) is 0 Å². The minimum atomic E-state index is 0.00724. The molecule has 0 aromatic heterocycles. The molecular weight excluding hydrogens is 310 g/mol. The fraction of sp³-hybridized carbons (Fsp3) is 0.529. The predicted molar refractivity (Wildman–Crippen MR) is 96.1 cm³/mol. The number of thioether (sulfide) groups is 1. The van der Waals surface area contributed by atoms with Crippen LogP contribution >= 0.6 is 11.8 Å². The SMILES string of the molecule is CCN(CC)C(=O)c1ccc(NC(=O)CC2CSCCN2)cc1. The van der Waals surface area contributed by atoms with Crippen LogP contribution in [0, 0.1) is 0 Å². The normalized spacial score (nSPS) is 17.6. The fourth-order valence-corrected chi connectivity index (χ4v) is 3.53. The second-order valence-electron chi connectivity index (χ2n) is 5.53. The largest absolute Gasteiger partial charge is 0.339 e. The van der Waals surface area contributed by atoms with Gasteiger partial charge in [0, 0.05) is 54.9 Å². The van der Waals surface area contributed by atoms with Crippen molar-refractivity contribution in [2.75, 3.05) is 36.5 Å². The first-order valence-corrected chi connectivity index (χ1v) is 9.29. The summed E-state index contributed by atoms with van der Waals surface area (Å²) in [5.74, 6) is 2.12. The van der Waals surface area contributed by atoms with Crippen LogP contribution in [0.4, 0.5) is 5.69 Å². The molecule has 2 amide bonds. The van der Waals surface area contributed by atoms with E-state index in [2.05, 4.69) is 10.6 Å². The molecule has 1 aliphatic heterocycles. The molecule has 2 N–H and O–H groups in total. The van der Waals surface area contributed by atoms with Gasteiger partial charge < -0.3 is 15.5 Å². The van der Waals surface area contributed by atoms with E-state index in [0.717, 1.165) is 23.7 Å². The summed E-state index contributed by atoms with van der Waals surface area (Å²) >= 11 is 1.88. The Bertz CT molecular complexity index is 523. The van der Waals surface area contributed by atoms with Crippen LogP contribution in [0.3, 0.4) is 0 Å². The molecule has 6 heteroatoms. The topological polar surface area (TPSA) is 61.4 Å². The molecule has 1 aromatic rings. The first-order chi connectivity index (χ1) is 11.1. The highest BCUT2D eigenvalue weighted by Crippen LogP contribution is 2.14. The van der Waals surface area contributed by atoms with Gasteiger partial charge in [0.05, 0.1) is 0 Å². The van der Waals surface area contributed by atoms with E-state index in [-0.39, 0.29) is 17.9 Å². The number of carbonyl (C=O) groups is 2. The van der Waals surface area contributed by atoms with Crippen LogP contribution < -0.4 is 10.6 Å². The highest BCUT2D eigenvalue weighted by molar-refractivity contribution is 7.99. The van der Waals surface area contributed by atoms with Crippen molar-refractivity contribution in [2.45, 2.75) is 26.3 Å². The summed E-state index contributed by atoms with van der Waals surface area (Å²) in [5, 5.41) is 6.25. The monoisotopic (exact) mass is 335 g/mol. The van der Waals surface area contributed by atoms with Gasteiger partial charge in [-0.15, -0.1) is 0 Å². The lowest BCUT2D eigenvalue weighted by molar-refractivity contribution is -0.116. The van der Waals surface area contributed by atoms with Gasteiger partial charge in [-0.25, -0.2) is 0 Å². The Kier molecular flexibility index (Phi) is 6.92. The summed E-state index contributed by atoms with van der Waals surface area (Å²) in [4.78, 5) is 26.1. The molecule has 23 heavy (non-hydrogen) atoms. The molecule has 0 radical (unpaired) electrons. The van der Waals surface area contributed by atoms with Crippen molar-refractivity contribution in [3.8, 4) is 0 Å². The second kappa shape index (κ2) is 8.93. The van der Waals surface area contributed by atoms with Gasteiger partial charge in [-0.05, 0) is 38.1 Å². The van der Waals surface area contributed by atoms with Gasteiger partial charge in [-0.1, -0.05) is 0 Å². The number of nitrogens with one attached hydrogen (secondary N) is 2. The van der Waals surface area contributed by atoms with E-state index < -0.39 is 0 Å². The summed E-state index contributed by atoms with van der Waals surface area (Å²) in [7, 11) is 0. The minimum absolute atomic E-state index is 0.00724. The van der Waals surface area contributed by atoms with Gasteiger partial charge in [0.2, 0.25) is 5.91 Å². The lowest BCUT2D eigenvalue weighted by Gasteiger charge is -2.22. The molecular formula is C17H25N3O2S. The van der Waals surface area contributed by atoms with E-state index in [9.17, 15) is 9.59 Å². The Morgan fingerprint density at radius 3 is 2.52 bits per heavy atom. The summed E-state index contributed by atoms with van der Waals surface area (Å²) < 4.78 is 0. The van der Waals surface area contributed by atoms with Crippen molar-refractivity contribution in [3.63, 3.8) is 0 Å². The molecule has 1 unspecified atom stereocenters. The number of hydrogen-bond donors (Lipinski definition) is 2. The quantitative estimate of drug-likeness (QED) is 0.837. The van der Waals surface area contributed by atoms with Gasteiger partial charge in [-0.3, -0.25) is 9.59 Å². The Hall–Kier alpha value is -1.53. The molecule has 0 saturated carbocycles. The smallest absolute Gasteiger partial charge is 0.253 e. The highest BCUT2D eigenvalue weighted by Gasteiger charge is 2.17. The van der Waals surface area contributed by atoms with Crippen molar-refractivity contribution >= 4 is 29.3 Å². The number of hydrogen-bond acceptors (Lipinski definition) is 4. The zero-order chi connectivity index (χ0) is 16.7. The lowest BCUT2D eigenvalue weighted by Crippen LogP contribution is -2.39. The summed E-state index contributed by atoms with van der Waals surface area (Å²) in [6.45, 7) is 6.28. The third kappa shape index (κ3) is 5.25. The van der Waals surface area contributed by atoms with Gasteiger partial charge in [-0.2, -0.15) is 11.8 Å². The van der Waals surface area contributed by atoms with Crippen molar-refractivity contribution in [3.05, 3.63) is 29.8 Å². The van der Waals surface area contributed by atoms with Crippen LogP contribution in [0.1, 0.15) is 30.6 Å². The zero-order valence-corrected chi connectivity index (χ0v) is 14.6. The maximum Gasteiger partial charge on any atom is 0.253 e. The van der Waals surface area contributed by atoms with E-state index in [0.29, 0.717) is 25.1 Å². The van der Waals surface area contributed by atoms with E-state index in [1.54, 1.807) is 29.2 Å². The molecule has 0 bridgehead atoms. The Labute approximate surface area is 142 Å². The molecule has 2 rings (SSSR count). The van der Waals surface area contributed by atoms with E-state index in [1.165, 1.54) is 0 Å². The summed E-state index contributed by atoms with van der Waals surface area (Å²) in [5.41, 5.74) is 1.38. The number of benzene rings is 1. The second-order valence-corrected chi connectivity index (χ2v) is 6.68. The fourth-order valence-electron chi connectivity index (χ4n) is 2.58. The number of carbonyl (C=O) groups excluding carboxylic acids is 2. The van der Waals surface area contributed by atoms with Gasteiger partial charge in [0.15, 0.2) is 0 Å². The van der Waals surface area contributed by atoms with Gasteiger partial charge in [0.25, 0.3) is 5.91 Å². The maximum absolute atomic E-state index is 12.2. The zero-order valence-electron chi connectivity index (χ0n) is 13.8. The lowest BCUT2D eigenvalue weighted by atomic mass is 10.1. The highest BCUT2D eigenvalue weighted by atomic mass is 32.2. The third-order valence-electron chi connectivity index (χ3n) is 3.90. The first kappa shape index (κ1) is 17.8. The standard InChI is InChI=1S/C17H25N3O2S/c1-3-20(4-2)17(22)13-5-7-14(8-6-13)19-16(21)11-15-12-23-10-9-18-15/h5-8,15,18H,3-4,9-12H2,1-2H3,(H,19,21). The van der Waals surface area contributed by atoms with Gasteiger partial charge in [0.1, 0.15) is 0 Å². The van der Waals surface area contributed by atoms with Crippen molar-refractivity contribution < 1.29 is 9.59 Å². The molecule has 126 valence electrons. The Morgan fingerprint density at radius 1 is 1.26 bits per heavy atom. The molecule has 0 aliphatic carbocycles. The number of nitrogens with zero attached hydrogens (tertiary/aromatic N) is 1. The number of anilines is 1. The molecule has 5 nitrogen and oxygen atoms in total. The predicted octanol–water partition coefficient (Wildman–Crippen LogP) is 2.20. The first-order valence-electron chi connectivity index (χ1n) is 8.14. The molecule has 0 spiro atoms. The maximum atomic E-state index is 12.2. The van der Waals surface area contributed by atoms with E-state index >= 15 is 0 Å². The van der Waals surface area contributed by atoms with Crippen LogP contribution in [0.15, 0.2) is 24.3 Å². The van der Waals surface area contributed by atoms with Crippen LogP contribution in [-0.4, -0.2) is 53.9 Å².